The summed E-state index contributed by atoms with van der Waals surface area (Å²) < 4.78 is 13.7. The van der Waals surface area contributed by atoms with Gasteiger partial charge >= 0.3 is 0 Å². The van der Waals surface area contributed by atoms with Crippen molar-refractivity contribution in [1.82, 2.24) is 0 Å². The molecule has 4 rings (SSSR count). The molecule has 5 atom stereocenters. The minimum Gasteiger partial charge on any atom is -0.299 e. The molecule has 4 aliphatic rings. The number of ketones is 1. The van der Waals surface area contributed by atoms with E-state index < -0.39 is 0 Å². The van der Waals surface area contributed by atoms with Gasteiger partial charge in [-0.1, -0.05) is 18.6 Å². The van der Waals surface area contributed by atoms with Crippen LogP contribution in [0.3, 0.4) is 0 Å². The highest BCUT2D eigenvalue weighted by Crippen LogP contribution is 2.62. The fourth-order valence-corrected chi connectivity index (χ4v) is 6.12. The summed E-state index contributed by atoms with van der Waals surface area (Å²) in [5.74, 6) is 2.38. The molecule has 0 spiro atoms. The SMILES string of the molecule is C[C@]12CC(=CF)[C@H]3[C@@H](CCC4=CCCC[C@@H]43)[C@@H]1CCC2=O. The van der Waals surface area contributed by atoms with Gasteiger partial charge in [-0.2, -0.15) is 0 Å². The first kappa shape index (κ1) is 13.7. The number of Topliss-reactive ketones (excluding diaryl/α,β-unsaturated/α-hetero) is 1. The molecule has 2 heteroatoms. The van der Waals surface area contributed by atoms with Gasteiger partial charge in [-0.3, -0.25) is 4.79 Å². The Labute approximate surface area is 126 Å². The number of carbonyl (C=O) groups is 1. The van der Waals surface area contributed by atoms with Crippen molar-refractivity contribution in [3.63, 3.8) is 0 Å². The van der Waals surface area contributed by atoms with Gasteiger partial charge in [0.1, 0.15) is 5.78 Å². The predicted molar refractivity (Wildman–Crippen MR) is 81.3 cm³/mol. The van der Waals surface area contributed by atoms with E-state index in [0.29, 0.717) is 35.9 Å². The number of hydrogen-bond donors (Lipinski definition) is 0. The molecule has 0 saturated heterocycles. The van der Waals surface area contributed by atoms with Gasteiger partial charge < -0.3 is 0 Å². The third-order valence-corrected chi connectivity index (χ3v) is 7.06. The molecule has 0 heterocycles. The van der Waals surface area contributed by atoms with Crippen molar-refractivity contribution in [2.24, 2.45) is 29.1 Å². The Morgan fingerprint density at radius 2 is 2.14 bits per heavy atom. The Bertz CT molecular complexity index is 532. The molecule has 0 aromatic carbocycles. The summed E-state index contributed by atoms with van der Waals surface area (Å²) in [6, 6.07) is 0. The van der Waals surface area contributed by atoms with Crippen LogP contribution in [0.1, 0.15) is 58.3 Å². The Morgan fingerprint density at radius 1 is 1.29 bits per heavy atom. The molecule has 0 unspecified atom stereocenters. The highest BCUT2D eigenvalue weighted by Gasteiger charge is 2.57. The van der Waals surface area contributed by atoms with Crippen LogP contribution in [0.25, 0.3) is 0 Å². The molecule has 0 aromatic rings. The van der Waals surface area contributed by atoms with E-state index in [2.05, 4.69) is 13.0 Å². The molecular formula is C19H25FO. The van der Waals surface area contributed by atoms with Crippen LogP contribution in [0.15, 0.2) is 23.6 Å². The average Bonchev–Trinajstić information content (AvgIpc) is 2.81. The van der Waals surface area contributed by atoms with E-state index in [9.17, 15) is 9.18 Å². The van der Waals surface area contributed by atoms with Gasteiger partial charge in [0.05, 0.1) is 6.33 Å². The molecule has 21 heavy (non-hydrogen) atoms. The molecule has 0 amide bonds. The third-order valence-electron chi connectivity index (χ3n) is 7.06. The van der Waals surface area contributed by atoms with E-state index >= 15 is 0 Å². The summed E-state index contributed by atoms with van der Waals surface area (Å²) in [6.07, 6.45) is 11.8. The highest BCUT2D eigenvalue weighted by molar-refractivity contribution is 5.87. The summed E-state index contributed by atoms with van der Waals surface area (Å²) in [5, 5.41) is 0. The molecule has 0 radical (unpaired) electrons. The lowest BCUT2D eigenvalue weighted by atomic mass is 9.51. The molecule has 3 saturated carbocycles. The predicted octanol–water partition coefficient (Wildman–Crippen LogP) is 4.98. The maximum atomic E-state index is 13.7. The maximum Gasteiger partial charge on any atom is 0.139 e. The Kier molecular flexibility index (Phi) is 3.13. The number of hydrogen-bond acceptors (Lipinski definition) is 1. The Hall–Kier alpha value is -0.920. The smallest absolute Gasteiger partial charge is 0.139 e. The zero-order valence-corrected chi connectivity index (χ0v) is 12.9. The van der Waals surface area contributed by atoms with Crippen molar-refractivity contribution in [1.29, 1.82) is 0 Å². The fourth-order valence-electron chi connectivity index (χ4n) is 6.12. The lowest BCUT2D eigenvalue weighted by Gasteiger charge is -2.53. The zero-order chi connectivity index (χ0) is 14.6. The molecule has 0 N–H and O–H groups in total. The minimum absolute atomic E-state index is 0.269. The molecular weight excluding hydrogens is 263 g/mol. The second kappa shape index (κ2) is 4.79. The van der Waals surface area contributed by atoms with Crippen LogP contribution in [0.2, 0.25) is 0 Å². The topological polar surface area (TPSA) is 17.1 Å². The number of rotatable bonds is 0. The highest BCUT2D eigenvalue weighted by atomic mass is 19.1. The fraction of sp³-hybridized carbons (Fsp3) is 0.737. The molecule has 0 bridgehead atoms. The van der Waals surface area contributed by atoms with Crippen molar-refractivity contribution in [3.05, 3.63) is 23.6 Å². The molecule has 4 aliphatic carbocycles. The van der Waals surface area contributed by atoms with Gasteiger partial charge in [-0.15, -0.1) is 0 Å². The van der Waals surface area contributed by atoms with Crippen molar-refractivity contribution in [2.45, 2.75) is 58.3 Å². The number of carbonyl (C=O) groups excluding carboxylic acids is 1. The van der Waals surface area contributed by atoms with E-state index in [1.54, 1.807) is 5.57 Å². The third kappa shape index (κ3) is 1.83. The van der Waals surface area contributed by atoms with Crippen molar-refractivity contribution < 1.29 is 9.18 Å². The second-order valence-corrected chi connectivity index (χ2v) is 7.89. The molecule has 3 fully saturated rings. The summed E-state index contributed by atoms with van der Waals surface area (Å²) in [7, 11) is 0. The molecule has 114 valence electrons. The number of allylic oxidation sites excluding steroid dienone is 3. The van der Waals surface area contributed by atoms with Gasteiger partial charge in [0.2, 0.25) is 0 Å². The van der Waals surface area contributed by atoms with E-state index in [1.165, 1.54) is 25.7 Å². The second-order valence-electron chi connectivity index (χ2n) is 7.89. The van der Waals surface area contributed by atoms with Gasteiger partial charge in [0, 0.05) is 11.8 Å². The quantitative estimate of drug-likeness (QED) is 0.574. The number of halogens is 1. The van der Waals surface area contributed by atoms with Gasteiger partial charge in [0.25, 0.3) is 0 Å². The standard InChI is InChI=1S/C19H25FO/c1-19-10-13(11-20)18-14-5-3-2-4-12(14)6-7-15(18)16(19)8-9-17(19)21/h4,11,14-16,18H,2-3,5-10H2,1H3/t14-,15-,16-,18+,19-/m0/s1. The van der Waals surface area contributed by atoms with Crippen LogP contribution in [-0.2, 0) is 4.79 Å². The molecule has 0 aliphatic heterocycles. The van der Waals surface area contributed by atoms with Gasteiger partial charge in [0.15, 0.2) is 0 Å². The van der Waals surface area contributed by atoms with Crippen LogP contribution in [0.5, 0.6) is 0 Å². The van der Waals surface area contributed by atoms with Crippen LogP contribution in [0.4, 0.5) is 4.39 Å². The van der Waals surface area contributed by atoms with Gasteiger partial charge in [-0.05, 0) is 74.2 Å². The van der Waals surface area contributed by atoms with E-state index in [1.807, 2.05) is 0 Å². The normalized spacial score (nSPS) is 47.6. The summed E-state index contributed by atoms with van der Waals surface area (Å²) in [6.45, 7) is 2.11. The largest absolute Gasteiger partial charge is 0.299 e. The minimum atomic E-state index is -0.269. The summed E-state index contributed by atoms with van der Waals surface area (Å²) in [5.41, 5.74) is 2.27. The van der Waals surface area contributed by atoms with E-state index in [0.717, 1.165) is 31.2 Å². The summed E-state index contributed by atoms with van der Waals surface area (Å²) >= 11 is 0. The first-order chi connectivity index (χ1) is 10.1. The lowest BCUT2D eigenvalue weighted by Crippen LogP contribution is -2.47. The van der Waals surface area contributed by atoms with Crippen LogP contribution < -0.4 is 0 Å². The molecule has 0 aromatic heterocycles. The van der Waals surface area contributed by atoms with Crippen molar-refractivity contribution >= 4 is 5.78 Å². The van der Waals surface area contributed by atoms with Gasteiger partial charge in [-0.25, -0.2) is 4.39 Å². The van der Waals surface area contributed by atoms with Crippen LogP contribution in [-0.4, -0.2) is 5.78 Å². The van der Waals surface area contributed by atoms with Crippen LogP contribution in [0, 0.1) is 29.1 Å². The summed E-state index contributed by atoms with van der Waals surface area (Å²) in [4.78, 5) is 12.4. The average molecular weight is 288 g/mol. The monoisotopic (exact) mass is 288 g/mol. The zero-order valence-electron chi connectivity index (χ0n) is 12.9. The first-order valence-electron chi connectivity index (χ1n) is 8.66. The Balaban J connectivity index is 1.75. The van der Waals surface area contributed by atoms with E-state index in [4.69, 9.17) is 0 Å². The molecule has 1 nitrogen and oxygen atoms in total. The van der Waals surface area contributed by atoms with Crippen LogP contribution >= 0.6 is 0 Å². The lowest BCUT2D eigenvalue weighted by molar-refractivity contribution is -0.129. The maximum absolute atomic E-state index is 13.7. The number of fused-ring (bicyclic) bond motifs is 5. The van der Waals surface area contributed by atoms with Crippen molar-refractivity contribution in [3.8, 4) is 0 Å². The Morgan fingerprint density at radius 3 is 2.95 bits per heavy atom. The first-order valence-corrected chi connectivity index (χ1v) is 8.66. The van der Waals surface area contributed by atoms with E-state index in [-0.39, 0.29) is 5.41 Å². The van der Waals surface area contributed by atoms with Crippen molar-refractivity contribution in [2.75, 3.05) is 0 Å².